The van der Waals surface area contributed by atoms with E-state index >= 15 is 0 Å². The number of carbonyl (C=O) groups is 1. The molecule has 0 aromatic heterocycles. The van der Waals surface area contributed by atoms with E-state index in [1.54, 1.807) is 12.1 Å². The van der Waals surface area contributed by atoms with Crippen LogP contribution in [0.3, 0.4) is 0 Å². The van der Waals surface area contributed by atoms with E-state index in [1.165, 1.54) is 18.2 Å². The van der Waals surface area contributed by atoms with E-state index in [9.17, 15) is 18.0 Å². The van der Waals surface area contributed by atoms with Gasteiger partial charge in [0, 0.05) is 5.56 Å². The zero-order chi connectivity index (χ0) is 14.0. The second-order valence-electron chi connectivity index (χ2n) is 3.93. The maximum atomic E-state index is 12.6. The maximum Gasteiger partial charge on any atom is 0.416 e. The molecule has 0 heterocycles. The minimum Gasteiger partial charge on any atom is -0.298 e. The van der Waals surface area contributed by atoms with E-state index in [-0.39, 0.29) is 10.6 Å². The molecule has 0 bridgehead atoms. The highest BCUT2D eigenvalue weighted by atomic mass is 35.5. The lowest BCUT2D eigenvalue weighted by molar-refractivity contribution is -0.137. The zero-order valence-corrected chi connectivity index (χ0v) is 10.3. The van der Waals surface area contributed by atoms with Crippen molar-refractivity contribution in [1.82, 2.24) is 0 Å². The first-order chi connectivity index (χ1) is 8.91. The van der Waals surface area contributed by atoms with Gasteiger partial charge in [0.05, 0.1) is 10.6 Å². The number of rotatable bonds is 2. The van der Waals surface area contributed by atoms with Gasteiger partial charge in [-0.05, 0) is 35.4 Å². The summed E-state index contributed by atoms with van der Waals surface area (Å²) < 4.78 is 37.8. The van der Waals surface area contributed by atoms with Crippen LogP contribution in [0.4, 0.5) is 13.2 Å². The molecule has 0 spiro atoms. The van der Waals surface area contributed by atoms with Crippen LogP contribution in [0.15, 0.2) is 42.5 Å². The normalized spacial score (nSPS) is 11.4. The molecule has 98 valence electrons. The first-order valence-corrected chi connectivity index (χ1v) is 5.72. The van der Waals surface area contributed by atoms with Gasteiger partial charge >= 0.3 is 6.18 Å². The van der Waals surface area contributed by atoms with Gasteiger partial charge < -0.3 is 0 Å². The summed E-state index contributed by atoms with van der Waals surface area (Å²) in [7, 11) is 0. The molecular weight excluding hydrogens is 277 g/mol. The van der Waals surface area contributed by atoms with E-state index in [4.69, 9.17) is 11.6 Å². The summed E-state index contributed by atoms with van der Waals surface area (Å²) in [6.45, 7) is 0. The third-order valence-electron chi connectivity index (χ3n) is 2.65. The molecule has 1 nitrogen and oxygen atoms in total. The SMILES string of the molecule is O=Cc1cc(-c2cccc(C(F)(F)F)c2)ccc1Cl. The average molecular weight is 285 g/mol. The van der Waals surface area contributed by atoms with Crippen LogP contribution in [-0.4, -0.2) is 6.29 Å². The second-order valence-corrected chi connectivity index (χ2v) is 4.34. The minimum atomic E-state index is -4.39. The molecule has 0 radical (unpaired) electrons. The van der Waals surface area contributed by atoms with Gasteiger partial charge in [0.1, 0.15) is 0 Å². The molecular formula is C14H8ClF3O. The number of hydrogen-bond acceptors (Lipinski definition) is 1. The standard InChI is InChI=1S/C14H8ClF3O/c15-13-5-4-10(6-11(13)8-19)9-2-1-3-12(7-9)14(16,17)18/h1-8H. The lowest BCUT2D eigenvalue weighted by Gasteiger charge is -2.09. The number of carbonyl (C=O) groups excluding carboxylic acids is 1. The average Bonchev–Trinajstić information content (AvgIpc) is 2.38. The van der Waals surface area contributed by atoms with Crippen LogP contribution in [0.5, 0.6) is 0 Å². The molecule has 19 heavy (non-hydrogen) atoms. The number of aldehydes is 1. The molecule has 2 aromatic carbocycles. The van der Waals surface area contributed by atoms with Crippen molar-refractivity contribution in [2.24, 2.45) is 0 Å². The Balaban J connectivity index is 2.50. The van der Waals surface area contributed by atoms with Crippen molar-refractivity contribution >= 4 is 17.9 Å². The van der Waals surface area contributed by atoms with Crippen LogP contribution >= 0.6 is 11.6 Å². The Hall–Kier alpha value is -1.81. The smallest absolute Gasteiger partial charge is 0.298 e. The van der Waals surface area contributed by atoms with Gasteiger partial charge in [-0.1, -0.05) is 29.8 Å². The van der Waals surface area contributed by atoms with Crippen molar-refractivity contribution in [3.05, 3.63) is 58.6 Å². The number of benzene rings is 2. The van der Waals surface area contributed by atoms with E-state index in [1.807, 2.05) is 0 Å². The molecule has 0 aliphatic heterocycles. The Morgan fingerprint density at radius 3 is 2.32 bits per heavy atom. The van der Waals surface area contributed by atoms with Crippen molar-refractivity contribution in [2.75, 3.05) is 0 Å². The lowest BCUT2D eigenvalue weighted by Crippen LogP contribution is -2.04. The Kier molecular flexibility index (Phi) is 3.62. The molecule has 0 saturated carbocycles. The van der Waals surface area contributed by atoms with Crippen molar-refractivity contribution < 1.29 is 18.0 Å². The predicted molar refractivity (Wildman–Crippen MR) is 67.3 cm³/mol. The Labute approximate surface area is 112 Å². The van der Waals surface area contributed by atoms with Gasteiger partial charge in [-0.15, -0.1) is 0 Å². The van der Waals surface area contributed by atoms with Gasteiger partial charge in [0.2, 0.25) is 0 Å². The van der Waals surface area contributed by atoms with Gasteiger partial charge in [0.25, 0.3) is 0 Å². The highest BCUT2D eigenvalue weighted by Gasteiger charge is 2.30. The summed E-state index contributed by atoms with van der Waals surface area (Å²) in [5, 5.41) is 0.269. The molecule has 0 aliphatic carbocycles. The Morgan fingerprint density at radius 2 is 1.68 bits per heavy atom. The topological polar surface area (TPSA) is 17.1 Å². The van der Waals surface area contributed by atoms with Gasteiger partial charge in [-0.2, -0.15) is 13.2 Å². The van der Waals surface area contributed by atoms with Crippen LogP contribution in [0.2, 0.25) is 5.02 Å². The molecule has 5 heteroatoms. The summed E-state index contributed by atoms with van der Waals surface area (Å²) in [6, 6.07) is 9.44. The van der Waals surface area contributed by atoms with E-state index in [0.29, 0.717) is 17.4 Å². The van der Waals surface area contributed by atoms with Gasteiger partial charge in [-0.25, -0.2) is 0 Å². The predicted octanol–water partition coefficient (Wildman–Crippen LogP) is 4.84. The summed E-state index contributed by atoms with van der Waals surface area (Å²) in [5.41, 5.74) is 0.413. The minimum absolute atomic E-state index is 0.247. The third-order valence-corrected chi connectivity index (χ3v) is 2.99. The second kappa shape index (κ2) is 5.05. The zero-order valence-electron chi connectivity index (χ0n) is 9.54. The van der Waals surface area contributed by atoms with Crippen LogP contribution in [0, 0.1) is 0 Å². The lowest BCUT2D eigenvalue weighted by atomic mass is 10.0. The summed E-state index contributed by atoms with van der Waals surface area (Å²) in [5.74, 6) is 0. The number of halogens is 4. The Bertz CT molecular complexity index is 620. The molecule has 0 amide bonds. The van der Waals surface area contributed by atoms with E-state index in [0.717, 1.165) is 12.1 Å². The van der Waals surface area contributed by atoms with Crippen molar-refractivity contribution in [1.29, 1.82) is 0 Å². The first-order valence-electron chi connectivity index (χ1n) is 5.34. The number of alkyl halides is 3. The molecule has 0 saturated heterocycles. The fourth-order valence-electron chi connectivity index (χ4n) is 1.69. The molecule has 0 fully saturated rings. The molecule has 2 aromatic rings. The largest absolute Gasteiger partial charge is 0.416 e. The number of hydrogen-bond donors (Lipinski definition) is 0. The fraction of sp³-hybridized carbons (Fsp3) is 0.0714. The highest BCUT2D eigenvalue weighted by Crippen LogP contribution is 2.32. The maximum absolute atomic E-state index is 12.6. The van der Waals surface area contributed by atoms with Crippen LogP contribution in [-0.2, 0) is 6.18 Å². The first kappa shape index (κ1) is 13.6. The van der Waals surface area contributed by atoms with Gasteiger partial charge in [0.15, 0.2) is 6.29 Å². The summed E-state index contributed by atoms with van der Waals surface area (Å²) >= 11 is 5.78. The molecule has 0 atom stereocenters. The van der Waals surface area contributed by atoms with Gasteiger partial charge in [-0.3, -0.25) is 4.79 Å². The molecule has 0 unspecified atom stereocenters. The molecule has 2 rings (SSSR count). The third kappa shape index (κ3) is 2.96. The van der Waals surface area contributed by atoms with Crippen LogP contribution < -0.4 is 0 Å². The monoisotopic (exact) mass is 284 g/mol. The molecule has 0 N–H and O–H groups in total. The van der Waals surface area contributed by atoms with Crippen LogP contribution in [0.25, 0.3) is 11.1 Å². The fourth-order valence-corrected chi connectivity index (χ4v) is 1.85. The highest BCUT2D eigenvalue weighted by molar-refractivity contribution is 6.33. The molecule has 0 aliphatic rings. The van der Waals surface area contributed by atoms with E-state index < -0.39 is 11.7 Å². The quantitative estimate of drug-likeness (QED) is 0.721. The summed E-state index contributed by atoms with van der Waals surface area (Å²) in [6.07, 6.45) is -3.82. The Morgan fingerprint density at radius 1 is 1.00 bits per heavy atom. The van der Waals surface area contributed by atoms with Crippen LogP contribution in [0.1, 0.15) is 15.9 Å². The van der Waals surface area contributed by atoms with E-state index in [2.05, 4.69) is 0 Å². The summed E-state index contributed by atoms with van der Waals surface area (Å²) in [4.78, 5) is 10.8. The van der Waals surface area contributed by atoms with Crippen molar-refractivity contribution in [3.63, 3.8) is 0 Å². The van der Waals surface area contributed by atoms with Crippen molar-refractivity contribution in [3.8, 4) is 11.1 Å². The van der Waals surface area contributed by atoms with Crippen molar-refractivity contribution in [2.45, 2.75) is 6.18 Å².